The first-order valence-corrected chi connectivity index (χ1v) is 22.5. The number of carbonyl (C=O) groups is 6. The van der Waals surface area contributed by atoms with E-state index in [4.69, 9.17) is 23.4 Å². The lowest BCUT2D eigenvalue weighted by atomic mass is 9.86. The lowest BCUT2D eigenvalue weighted by molar-refractivity contribution is -0.152. The zero-order chi connectivity index (χ0) is 47.4. The van der Waals surface area contributed by atoms with E-state index in [9.17, 15) is 43.2 Å². The number of carbonyl (C=O) groups excluding carboxylic acids is 4. The van der Waals surface area contributed by atoms with Crippen LogP contribution in [0, 0.1) is 11.8 Å². The molecular formula is C43H49N8O14P. The van der Waals surface area contributed by atoms with Gasteiger partial charge in [-0.25, -0.2) is 19.3 Å². The largest absolute Gasteiger partial charge is 0.481 e. The number of unbranched alkanes of at least 4 members (excludes halogenated alkanes) is 1. The van der Waals surface area contributed by atoms with Gasteiger partial charge in [-0.1, -0.05) is 36.4 Å². The second kappa shape index (κ2) is 22.5. The molecule has 1 saturated heterocycles. The quantitative estimate of drug-likeness (QED) is 0.0333. The van der Waals surface area contributed by atoms with Gasteiger partial charge in [0, 0.05) is 30.3 Å². The van der Waals surface area contributed by atoms with Crippen LogP contribution in [-0.2, 0) is 59.9 Å². The Labute approximate surface area is 377 Å². The van der Waals surface area contributed by atoms with Crippen LogP contribution < -0.4 is 21.5 Å². The van der Waals surface area contributed by atoms with E-state index in [0.29, 0.717) is 24.2 Å². The molecule has 2 bridgehead atoms. The number of fused-ring (bicyclic) bond motifs is 3. The van der Waals surface area contributed by atoms with Gasteiger partial charge < -0.3 is 25.6 Å². The first kappa shape index (κ1) is 48.7. The van der Waals surface area contributed by atoms with E-state index in [-0.39, 0.29) is 68.6 Å². The van der Waals surface area contributed by atoms with Crippen LogP contribution in [0.15, 0.2) is 77.7 Å². The normalized spacial score (nSPS) is 18.4. The van der Waals surface area contributed by atoms with E-state index in [2.05, 4.69) is 35.9 Å². The summed E-state index contributed by atoms with van der Waals surface area (Å²) in [5, 5.41) is 26.2. The molecule has 0 spiro atoms. The van der Waals surface area contributed by atoms with Gasteiger partial charge in [0.2, 0.25) is 11.9 Å². The number of nitrogens with one attached hydrogen (secondary N) is 4. The Morgan fingerprint density at radius 1 is 0.909 bits per heavy atom. The number of aliphatic carboxylic acids is 2. The van der Waals surface area contributed by atoms with Gasteiger partial charge in [-0.15, -0.1) is 0 Å². The minimum absolute atomic E-state index is 0.00824. The lowest BCUT2D eigenvalue weighted by Gasteiger charge is -2.31. The Morgan fingerprint density at radius 3 is 2.30 bits per heavy atom. The molecule has 0 radical (unpaired) electrons. The summed E-state index contributed by atoms with van der Waals surface area (Å²) in [7, 11) is -3.72. The fourth-order valence-corrected chi connectivity index (χ4v) is 8.74. The van der Waals surface area contributed by atoms with Gasteiger partial charge in [0.15, 0.2) is 16.9 Å². The number of hydrogen-bond donors (Lipinski definition) is 6. The molecule has 2 unspecified atom stereocenters. The Bertz CT molecular complexity index is 2550. The number of H-pyrrole nitrogens is 1. The molecule has 2 aromatic heterocycles. The van der Waals surface area contributed by atoms with Crippen LogP contribution in [0.2, 0.25) is 0 Å². The van der Waals surface area contributed by atoms with Crippen LogP contribution in [0.1, 0.15) is 61.1 Å². The second-order valence-electron chi connectivity index (χ2n) is 15.1. The van der Waals surface area contributed by atoms with E-state index in [1.165, 1.54) is 24.4 Å². The average Bonchev–Trinajstić information content (AvgIpc) is 3.52. The maximum absolute atomic E-state index is 14.3. The molecule has 2 amide bonds. The Morgan fingerprint density at radius 2 is 1.62 bits per heavy atom. The molecule has 22 nitrogen and oxygen atoms in total. The molecule has 1 fully saturated rings. The number of carboxylic acid groups (broad SMARTS) is 2. The Hall–Kier alpha value is -6.71. The number of benzene rings is 2. The van der Waals surface area contributed by atoms with Gasteiger partial charge in [0.1, 0.15) is 6.04 Å². The molecule has 23 heteroatoms. The van der Waals surface area contributed by atoms with Crippen LogP contribution in [-0.4, -0.2) is 115 Å². The number of ether oxygens (including phenoxy) is 1. The van der Waals surface area contributed by atoms with Crippen molar-refractivity contribution in [1.82, 2.24) is 30.2 Å². The zero-order valence-corrected chi connectivity index (χ0v) is 36.8. The molecule has 2 aliphatic rings. The highest BCUT2D eigenvalue weighted by Crippen LogP contribution is 2.49. The van der Waals surface area contributed by atoms with E-state index in [1.54, 1.807) is 37.0 Å². The van der Waals surface area contributed by atoms with E-state index < -0.39 is 85.3 Å². The van der Waals surface area contributed by atoms with Crippen LogP contribution >= 0.6 is 7.82 Å². The number of aromatic amines is 1. The number of phosphoric acid groups is 1. The molecule has 5 atom stereocenters. The molecule has 6 rings (SSSR count). The highest BCUT2D eigenvalue weighted by molar-refractivity contribution is 7.48. The van der Waals surface area contributed by atoms with Gasteiger partial charge in [-0.3, -0.25) is 57.5 Å². The maximum Gasteiger partial charge on any atom is 0.474 e. The summed E-state index contributed by atoms with van der Waals surface area (Å²) in [5.41, 5.74) is 0.842. The van der Waals surface area contributed by atoms with Gasteiger partial charge in [-0.05, 0) is 69.0 Å². The van der Waals surface area contributed by atoms with Gasteiger partial charge in [0.05, 0.1) is 62.7 Å². The third-order valence-electron chi connectivity index (χ3n) is 10.6. The number of hydrogen-bond acceptors (Lipinski definition) is 17. The van der Waals surface area contributed by atoms with E-state index in [0.717, 1.165) is 5.56 Å². The minimum atomic E-state index is -3.72. The summed E-state index contributed by atoms with van der Waals surface area (Å²) in [6.07, 6.45) is 4.24. The molecule has 0 aliphatic carbocycles. The van der Waals surface area contributed by atoms with Crippen molar-refractivity contribution in [3.05, 3.63) is 100 Å². The smallest absolute Gasteiger partial charge is 0.474 e. The van der Waals surface area contributed by atoms with Crippen molar-refractivity contribution in [3.63, 3.8) is 0 Å². The van der Waals surface area contributed by atoms with Crippen molar-refractivity contribution in [2.24, 2.45) is 11.8 Å². The van der Waals surface area contributed by atoms with Gasteiger partial charge in [0.25, 0.3) is 11.5 Å². The van der Waals surface area contributed by atoms with Crippen molar-refractivity contribution >= 4 is 66.1 Å². The number of rotatable bonds is 24. The molecule has 350 valence electrons. The number of carboxylic acids is 2. The van der Waals surface area contributed by atoms with Gasteiger partial charge in [-0.2, -0.15) is 4.98 Å². The fraction of sp³-hybridized carbons (Fsp3) is 0.395. The fourth-order valence-electron chi connectivity index (χ4n) is 7.53. The Balaban J connectivity index is 1.12. The highest BCUT2D eigenvalue weighted by Gasteiger charge is 2.58. The summed E-state index contributed by atoms with van der Waals surface area (Å²) >= 11 is 0. The molecule has 66 heavy (non-hydrogen) atoms. The maximum atomic E-state index is 14.3. The monoisotopic (exact) mass is 932 g/mol. The van der Waals surface area contributed by atoms with E-state index >= 15 is 0 Å². The average molecular weight is 933 g/mol. The molecule has 4 heterocycles. The minimum Gasteiger partial charge on any atom is -0.481 e. The van der Waals surface area contributed by atoms with E-state index in [1.807, 2.05) is 30.3 Å². The van der Waals surface area contributed by atoms with Crippen molar-refractivity contribution in [3.8, 4) is 0 Å². The number of ketones is 1. The second-order valence-corrected chi connectivity index (χ2v) is 16.7. The molecule has 2 aromatic carbocycles. The van der Waals surface area contributed by atoms with Crippen molar-refractivity contribution < 1.29 is 61.9 Å². The standard InChI is InChI=1S/C43H49N8O14P/c1-3-63-66(61,64-4-2)65-21-9-8-20-62-42(60)33-30-17-18-31(52)36(51(30)24-25-10-6-5-7-11-25)34(33)39(56)49-43-48-37-35(40(57)50-43)46-28(23-45-37)22-44-27-14-12-26(13-15-27)38(55)47-29(41(58)59)16-19-32(53)54/h5-7,10-15,17-18,23,29-30,33-34,36,44H,3-4,8-9,16,19-22,24H2,1-2H3,(H,47,55)(H,53,54)(H,58,59)(H2,45,48,49,50,56,57)/t29-,30+,33?,34?,36-/m1/s1. The highest BCUT2D eigenvalue weighted by atomic mass is 31.2. The van der Waals surface area contributed by atoms with Crippen LogP contribution in [0.25, 0.3) is 11.2 Å². The van der Waals surface area contributed by atoms with Crippen molar-refractivity contribution in [1.29, 1.82) is 0 Å². The number of esters is 1. The molecule has 6 N–H and O–H groups in total. The zero-order valence-electron chi connectivity index (χ0n) is 35.9. The third-order valence-corrected chi connectivity index (χ3v) is 12.2. The first-order chi connectivity index (χ1) is 31.7. The van der Waals surface area contributed by atoms with Gasteiger partial charge >= 0.3 is 25.7 Å². The number of anilines is 2. The lowest BCUT2D eigenvalue weighted by Crippen LogP contribution is -2.46. The molecule has 0 saturated carbocycles. The molecule has 2 aliphatic heterocycles. The molecular weight excluding hydrogens is 883 g/mol. The summed E-state index contributed by atoms with van der Waals surface area (Å²) < 4.78 is 33.9. The number of phosphoric ester groups is 1. The third kappa shape index (κ3) is 12.3. The predicted octanol–water partition coefficient (Wildman–Crippen LogP) is 3.46. The Kier molecular flexibility index (Phi) is 16.6. The number of amides is 2. The summed E-state index contributed by atoms with van der Waals surface area (Å²) in [4.78, 5) is 107. The molecule has 4 aromatic rings. The van der Waals surface area contributed by atoms with Crippen molar-refractivity contribution in [2.75, 3.05) is 37.1 Å². The SMILES string of the molecule is CCOP(=O)(OCC)OCCCCOC(=O)C1C(C(=O)Nc2nc3ncc(CNc4ccc(C(=O)N[C@H](CCC(=O)O)C(=O)O)cc4)nc3c(=O)[nH]2)[C@H]2C(=O)C=C[C@@H]1N2Cc1ccccc1. The summed E-state index contributed by atoms with van der Waals surface area (Å²) in [6.45, 7) is 3.82. The number of aromatic nitrogens is 4. The number of nitrogens with zero attached hydrogens (tertiary/aromatic N) is 4. The van der Waals surface area contributed by atoms with Crippen LogP contribution in [0.3, 0.4) is 0 Å². The summed E-state index contributed by atoms with van der Waals surface area (Å²) in [6, 6.07) is 12.1. The topological polar surface area (TPSA) is 308 Å². The summed E-state index contributed by atoms with van der Waals surface area (Å²) in [5.74, 6) is -7.83. The van der Waals surface area contributed by atoms with Crippen LogP contribution in [0.4, 0.5) is 11.6 Å². The van der Waals surface area contributed by atoms with Crippen molar-refractivity contribution in [2.45, 2.75) is 70.7 Å². The first-order valence-electron chi connectivity index (χ1n) is 21.1. The van der Waals surface area contributed by atoms with Crippen LogP contribution in [0.5, 0.6) is 0 Å². The predicted molar refractivity (Wildman–Crippen MR) is 234 cm³/mol.